The van der Waals surface area contributed by atoms with E-state index in [4.69, 9.17) is 12.2 Å². The highest BCUT2D eigenvalue weighted by Gasteiger charge is 2.16. The first kappa shape index (κ1) is 11.1. The Kier molecular flexibility index (Phi) is 3.75. The molecular formula is C10H17N3S2. The van der Waals surface area contributed by atoms with Gasteiger partial charge in [0, 0.05) is 6.04 Å². The standard InChI is InChI=1S/C10H17N3S2/c1-7-3-2-4-8(6-5-7)11-9-12-13-10(14)15-9/h7-8H,2-6H2,1H3,(H,11,12)(H,13,14). The van der Waals surface area contributed by atoms with Crippen LogP contribution in [0.1, 0.15) is 39.0 Å². The second-order valence-corrected chi connectivity index (χ2v) is 6.04. The van der Waals surface area contributed by atoms with Gasteiger partial charge in [-0.05, 0) is 37.4 Å². The van der Waals surface area contributed by atoms with Crippen LogP contribution < -0.4 is 5.32 Å². The predicted octanol–water partition coefficient (Wildman–Crippen LogP) is 3.58. The zero-order valence-electron chi connectivity index (χ0n) is 8.95. The van der Waals surface area contributed by atoms with Gasteiger partial charge in [0.15, 0.2) is 3.95 Å². The summed E-state index contributed by atoms with van der Waals surface area (Å²) in [6.45, 7) is 2.35. The molecule has 5 heteroatoms. The first-order valence-electron chi connectivity index (χ1n) is 5.56. The van der Waals surface area contributed by atoms with Crippen LogP contribution in [0.3, 0.4) is 0 Å². The van der Waals surface area contributed by atoms with E-state index < -0.39 is 0 Å². The van der Waals surface area contributed by atoms with Gasteiger partial charge < -0.3 is 5.32 Å². The zero-order chi connectivity index (χ0) is 10.7. The maximum Gasteiger partial charge on any atom is 0.204 e. The molecule has 2 rings (SSSR count). The summed E-state index contributed by atoms with van der Waals surface area (Å²) in [5.74, 6) is 0.883. The molecular weight excluding hydrogens is 226 g/mol. The summed E-state index contributed by atoms with van der Waals surface area (Å²) in [6, 6.07) is 0.587. The summed E-state index contributed by atoms with van der Waals surface area (Å²) >= 11 is 6.53. The SMILES string of the molecule is CC1CCCC(Nc2n[nH]c(=S)s2)CC1. The van der Waals surface area contributed by atoms with Crippen molar-refractivity contribution in [2.75, 3.05) is 5.32 Å². The molecule has 0 aliphatic heterocycles. The van der Waals surface area contributed by atoms with E-state index in [0.29, 0.717) is 6.04 Å². The van der Waals surface area contributed by atoms with Crippen molar-refractivity contribution in [3.63, 3.8) is 0 Å². The van der Waals surface area contributed by atoms with Gasteiger partial charge in [-0.3, -0.25) is 5.10 Å². The van der Waals surface area contributed by atoms with Gasteiger partial charge in [-0.25, -0.2) is 0 Å². The third kappa shape index (κ3) is 3.28. The number of anilines is 1. The van der Waals surface area contributed by atoms with Crippen LogP contribution >= 0.6 is 23.6 Å². The minimum atomic E-state index is 0.587. The van der Waals surface area contributed by atoms with Crippen molar-refractivity contribution in [1.29, 1.82) is 0 Å². The topological polar surface area (TPSA) is 40.7 Å². The molecule has 0 radical (unpaired) electrons. The molecule has 0 amide bonds. The Bertz CT molecular complexity index is 358. The lowest BCUT2D eigenvalue weighted by Crippen LogP contribution is -2.18. The molecule has 1 heterocycles. The number of nitrogens with one attached hydrogen (secondary N) is 2. The molecule has 2 atom stereocenters. The van der Waals surface area contributed by atoms with Crippen LogP contribution in [0, 0.1) is 9.87 Å². The number of aromatic nitrogens is 2. The fourth-order valence-corrected chi connectivity index (χ4v) is 2.96. The monoisotopic (exact) mass is 243 g/mol. The maximum atomic E-state index is 5.01. The summed E-state index contributed by atoms with van der Waals surface area (Å²) in [7, 11) is 0. The van der Waals surface area contributed by atoms with Crippen molar-refractivity contribution in [3.05, 3.63) is 3.95 Å². The van der Waals surface area contributed by atoms with Gasteiger partial charge >= 0.3 is 0 Å². The molecule has 0 spiro atoms. The smallest absolute Gasteiger partial charge is 0.204 e. The second kappa shape index (κ2) is 5.07. The molecule has 1 fully saturated rings. The molecule has 1 saturated carbocycles. The third-order valence-corrected chi connectivity index (χ3v) is 4.04. The van der Waals surface area contributed by atoms with Gasteiger partial charge in [0.2, 0.25) is 5.13 Å². The molecule has 84 valence electrons. The minimum Gasteiger partial charge on any atom is -0.357 e. The molecule has 15 heavy (non-hydrogen) atoms. The molecule has 0 saturated heterocycles. The van der Waals surface area contributed by atoms with Gasteiger partial charge in [-0.15, -0.1) is 5.10 Å². The van der Waals surface area contributed by atoms with Crippen molar-refractivity contribution >= 4 is 28.7 Å². The van der Waals surface area contributed by atoms with Crippen molar-refractivity contribution in [2.45, 2.75) is 45.1 Å². The number of H-pyrrole nitrogens is 1. The fraction of sp³-hybridized carbons (Fsp3) is 0.800. The number of hydrogen-bond acceptors (Lipinski definition) is 4. The number of hydrogen-bond donors (Lipinski definition) is 2. The van der Waals surface area contributed by atoms with Crippen molar-refractivity contribution in [1.82, 2.24) is 10.2 Å². The number of rotatable bonds is 2. The summed E-state index contributed by atoms with van der Waals surface area (Å²) in [5, 5.41) is 11.4. The molecule has 1 aliphatic rings. The molecule has 1 aromatic heterocycles. The summed E-state index contributed by atoms with van der Waals surface area (Å²) in [6.07, 6.45) is 6.54. The molecule has 1 aromatic rings. The van der Waals surface area contributed by atoms with Crippen LogP contribution in [0.25, 0.3) is 0 Å². The lowest BCUT2D eigenvalue weighted by Gasteiger charge is -2.14. The van der Waals surface area contributed by atoms with Crippen LogP contribution in [0.15, 0.2) is 0 Å². The molecule has 2 unspecified atom stereocenters. The van der Waals surface area contributed by atoms with E-state index in [1.54, 1.807) is 0 Å². The van der Waals surface area contributed by atoms with Crippen LogP contribution in [0.5, 0.6) is 0 Å². The summed E-state index contributed by atoms with van der Waals surface area (Å²) in [5.41, 5.74) is 0. The van der Waals surface area contributed by atoms with Crippen molar-refractivity contribution < 1.29 is 0 Å². The van der Waals surface area contributed by atoms with Crippen LogP contribution in [0.4, 0.5) is 5.13 Å². The molecule has 3 nitrogen and oxygen atoms in total. The Hall–Kier alpha value is -0.420. The van der Waals surface area contributed by atoms with E-state index in [0.717, 1.165) is 15.0 Å². The Morgan fingerprint density at radius 2 is 2.27 bits per heavy atom. The lowest BCUT2D eigenvalue weighted by atomic mass is 10.0. The zero-order valence-corrected chi connectivity index (χ0v) is 10.6. The van der Waals surface area contributed by atoms with Crippen LogP contribution in [0.2, 0.25) is 0 Å². The lowest BCUT2D eigenvalue weighted by molar-refractivity contribution is 0.502. The highest BCUT2D eigenvalue weighted by molar-refractivity contribution is 7.73. The highest BCUT2D eigenvalue weighted by Crippen LogP contribution is 2.25. The highest BCUT2D eigenvalue weighted by atomic mass is 32.1. The molecule has 0 aromatic carbocycles. The van der Waals surface area contributed by atoms with E-state index in [-0.39, 0.29) is 0 Å². The maximum absolute atomic E-state index is 5.01. The summed E-state index contributed by atoms with van der Waals surface area (Å²) < 4.78 is 0.750. The average molecular weight is 243 g/mol. The Balaban J connectivity index is 1.91. The number of nitrogens with zero attached hydrogens (tertiary/aromatic N) is 1. The van der Waals surface area contributed by atoms with E-state index >= 15 is 0 Å². The van der Waals surface area contributed by atoms with E-state index in [9.17, 15) is 0 Å². The van der Waals surface area contributed by atoms with E-state index in [1.165, 1.54) is 43.4 Å². The van der Waals surface area contributed by atoms with Gasteiger partial charge in [0.05, 0.1) is 0 Å². The normalized spacial score (nSPS) is 27.3. The Morgan fingerprint density at radius 3 is 3.00 bits per heavy atom. The van der Waals surface area contributed by atoms with Crippen molar-refractivity contribution in [2.24, 2.45) is 5.92 Å². The van der Waals surface area contributed by atoms with Gasteiger partial charge in [0.1, 0.15) is 0 Å². The average Bonchev–Trinajstić information content (AvgIpc) is 2.48. The second-order valence-electron chi connectivity index (χ2n) is 4.37. The molecule has 2 N–H and O–H groups in total. The molecule has 0 bridgehead atoms. The Morgan fingerprint density at radius 1 is 1.40 bits per heavy atom. The predicted molar refractivity (Wildman–Crippen MR) is 67.0 cm³/mol. The van der Waals surface area contributed by atoms with Crippen LogP contribution in [-0.4, -0.2) is 16.2 Å². The Labute approximate surface area is 99.3 Å². The van der Waals surface area contributed by atoms with E-state index in [2.05, 4.69) is 22.4 Å². The number of aromatic amines is 1. The van der Waals surface area contributed by atoms with Gasteiger partial charge in [0.25, 0.3) is 0 Å². The largest absolute Gasteiger partial charge is 0.357 e. The third-order valence-electron chi connectivity index (χ3n) is 3.02. The van der Waals surface area contributed by atoms with E-state index in [1.807, 2.05) is 0 Å². The first-order valence-corrected chi connectivity index (χ1v) is 6.78. The van der Waals surface area contributed by atoms with Crippen molar-refractivity contribution in [3.8, 4) is 0 Å². The van der Waals surface area contributed by atoms with Gasteiger partial charge in [-0.1, -0.05) is 31.1 Å². The first-order chi connectivity index (χ1) is 7.24. The minimum absolute atomic E-state index is 0.587. The summed E-state index contributed by atoms with van der Waals surface area (Å²) in [4.78, 5) is 0. The molecule has 1 aliphatic carbocycles. The van der Waals surface area contributed by atoms with Gasteiger partial charge in [-0.2, -0.15) is 0 Å². The quantitative estimate of drug-likeness (QED) is 0.616. The van der Waals surface area contributed by atoms with Crippen LogP contribution in [-0.2, 0) is 0 Å². The fourth-order valence-electron chi connectivity index (χ4n) is 2.10.